The van der Waals surface area contributed by atoms with E-state index in [1.54, 1.807) is 18.3 Å². The molecule has 0 radical (unpaired) electrons. The summed E-state index contributed by atoms with van der Waals surface area (Å²) in [5, 5.41) is 7.57. The van der Waals surface area contributed by atoms with Gasteiger partial charge in [-0.3, -0.25) is 14.3 Å². The first-order valence-electron chi connectivity index (χ1n) is 7.98. The third kappa shape index (κ3) is 4.08. The molecule has 7 nitrogen and oxygen atoms in total. The average Bonchev–Trinajstić information content (AvgIpc) is 3.01. The molecule has 2 heterocycles. The van der Waals surface area contributed by atoms with Gasteiger partial charge in [0.05, 0.1) is 24.9 Å². The fourth-order valence-corrected chi connectivity index (χ4v) is 2.57. The number of rotatable bonds is 6. The molecule has 3 rings (SSSR count). The Morgan fingerprint density at radius 2 is 2.07 bits per heavy atom. The highest BCUT2D eigenvalue weighted by atomic mass is 19.3. The quantitative estimate of drug-likeness (QED) is 0.716. The van der Waals surface area contributed by atoms with Crippen molar-refractivity contribution in [3.8, 4) is 5.75 Å². The lowest BCUT2D eigenvalue weighted by atomic mass is 10.2. The van der Waals surface area contributed by atoms with E-state index in [0.29, 0.717) is 22.3 Å². The van der Waals surface area contributed by atoms with Crippen molar-refractivity contribution in [1.29, 1.82) is 0 Å². The molecule has 0 fully saturated rings. The minimum absolute atomic E-state index is 0.0479. The highest BCUT2D eigenvalue weighted by molar-refractivity contribution is 6.05. The number of anilines is 1. The average molecular weight is 374 g/mol. The van der Waals surface area contributed by atoms with Crippen LogP contribution in [0.15, 0.2) is 36.5 Å². The van der Waals surface area contributed by atoms with Crippen molar-refractivity contribution < 1.29 is 23.1 Å². The van der Waals surface area contributed by atoms with E-state index < -0.39 is 18.0 Å². The van der Waals surface area contributed by atoms with E-state index in [4.69, 9.17) is 4.74 Å². The number of hydrogen-bond acceptors (Lipinski definition) is 5. The Morgan fingerprint density at radius 1 is 1.30 bits per heavy atom. The van der Waals surface area contributed by atoms with Crippen molar-refractivity contribution in [2.24, 2.45) is 0 Å². The Balaban J connectivity index is 1.92. The minimum Gasteiger partial charge on any atom is -0.494 e. The third-order valence-electron chi connectivity index (χ3n) is 3.73. The van der Waals surface area contributed by atoms with Crippen molar-refractivity contribution in [2.75, 3.05) is 12.4 Å². The first kappa shape index (κ1) is 18.4. The Hall–Kier alpha value is -3.36. The van der Waals surface area contributed by atoms with Crippen LogP contribution >= 0.6 is 0 Å². The van der Waals surface area contributed by atoms with Gasteiger partial charge >= 0.3 is 0 Å². The number of nitrogens with zero attached hydrogens (tertiary/aromatic N) is 3. The van der Waals surface area contributed by atoms with Crippen LogP contribution in [-0.2, 0) is 11.3 Å². The summed E-state index contributed by atoms with van der Waals surface area (Å²) in [5.41, 5.74) is 0.309. The molecule has 27 heavy (non-hydrogen) atoms. The lowest BCUT2D eigenvalue weighted by molar-refractivity contribution is -0.117. The van der Waals surface area contributed by atoms with Crippen LogP contribution < -0.4 is 10.1 Å². The van der Waals surface area contributed by atoms with Gasteiger partial charge in [0.15, 0.2) is 5.78 Å². The summed E-state index contributed by atoms with van der Waals surface area (Å²) >= 11 is 0. The third-order valence-corrected chi connectivity index (χ3v) is 3.73. The number of nitrogens with one attached hydrogen (secondary N) is 1. The molecule has 0 aliphatic rings. The fourth-order valence-electron chi connectivity index (χ4n) is 2.57. The van der Waals surface area contributed by atoms with E-state index in [9.17, 15) is 18.4 Å². The Kier molecular flexibility index (Phi) is 5.11. The molecule has 1 N–H and O–H groups in total. The second-order valence-electron chi connectivity index (χ2n) is 5.84. The normalized spacial score (nSPS) is 11.0. The number of hydrogen-bond donors (Lipinski definition) is 1. The number of halogens is 2. The lowest BCUT2D eigenvalue weighted by Crippen LogP contribution is -2.15. The molecule has 0 aliphatic carbocycles. The SMILES string of the molecule is COc1cc2nn(CC(C)=O)cc2cc1NC(=O)c1cccc(C(F)F)n1. The zero-order valence-corrected chi connectivity index (χ0v) is 14.6. The maximum atomic E-state index is 12.8. The maximum absolute atomic E-state index is 12.8. The van der Waals surface area contributed by atoms with Gasteiger partial charge in [-0.05, 0) is 25.1 Å². The lowest BCUT2D eigenvalue weighted by Gasteiger charge is -2.10. The van der Waals surface area contributed by atoms with Gasteiger partial charge in [-0.25, -0.2) is 13.8 Å². The molecule has 1 aromatic carbocycles. The van der Waals surface area contributed by atoms with Gasteiger partial charge in [0.1, 0.15) is 17.1 Å². The van der Waals surface area contributed by atoms with Gasteiger partial charge in [-0.1, -0.05) is 6.07 Å². The number of pyridine rings is 1. The molecule has 0 unspecified atom stereocenters. The summed E-state index contributed by atoms with van der Waals surface area (Å²) in [4.78, 5) is 27.3. The van der Waals surface area contributed by atoms with Crippen molar-refractivity contribution in [2.45, 2.75) is 19.9 Å². The molecule has 0 saturated heterocycles. The Morgan fingerprint density at radius 3 is 2.74 bits per heavy atom. The van der Waals surface area contributed by atoms with Gasteiger partial charge in [-0.15, -0.1) is 0 Å². The Bertz CT molecular complexity index is 1020. The van der Waals surface area contributed by atoms with Crippen LogP contribution in [0.2, 0.25) is 0 Å². The summed E-state index contributed by atoms with van der Waals surface area (Å²) in [6, 6.07) is 7.08. The van der Waals surface area contributed by atoms with E-state index in [1.165, 1.54) is 30.8 Å². The van der Waals surface area contributed by atoms with Crippen molar-refractivity contribution in [3.63, 3.8) is 0 Å². The summed E-state index contributed by atoms with van der Waals surface area (Å²) in [6.07, 6.45) is -1.10. The first-order valence-corrected chi connectivity index (χ1v) is 7.98. The zero-order chi connectivity index (χ0) is 19.6. The number of ether oxygens (including phenoxy) is 1. The first-order chi connectivity index (χ1) is 12.9. The molecule has 0 bridgehead atoms. The van der Waals surface area contributed by atoms with E-state index in [2.05, 4.69) is 15.4 Å². The van der Waals surface area contributed by atoms with Crippen LogP contribution in [0.4, 0.5) is 14.5 Å². The second kappa shape index (κ2) is 7.48. The molecule has 0 spiro atoms. The van der Waals surface area contributed by atoms with Crippen LogP contribution in [0.5, 0.6) is 5.75 Å². The van der Waals surface area contributed by atoms with Gasteiger partial charge in [0.25, 0.3) is 12.3 Å². The highest BCUT2D eigenvalue weighted by Gasteiger charge is 2.16. The predicted octanol–water partition coefficient (Wildman–Crippen LogP) is 3.22. The number of amides is 1. The van der Waals surface area contributed by atoms with Gasteiger partial charge in [0.2, 0.25) is 0 Å². The number of methoxy groups -OCH3 is 1. The molecule has 1 amide bonds. The number of aromatic nitrogens is 3. The summed E-state index contributed by atoms with van der Waals surface area (Å²) < 4.78 is 32.3. The molecule has 140 valence electrons. The summed E-state index contributed by atoms with van der Waals surface area (Å²) in [6.45, 7) is 1.59. The largest absolute Gasteiger partial charge is 0.494 e. The molecule has 0 aliphatic heterocycles. The maximum Gasteiger partial charge on any atom is 0.280 e. The van der Waals surface area contributed by atoms with Crippen LogP contribution in [0, 0.1) is 0 Å². The van der Waals surface area contributed by atoms with Crippen molar-refractivity contribution >= 4 is 28.3 Å². The summed E-state index contributed by atoms with van der Waals surface area (Å²) in [7, 11) is 1.43. The number of alkyl halides is 2. The molecule has 0 atom stereocenters. The van der Waals surface area contributed by atoms with E-state index >= 15 is 0 Å². The molecule has 9 heteroatoms. The number of ketones is 1. The smallest absolute Gasteiger partial charge is 0.280 e. The number of carbonyl (C=O) groups is 2. The number of benzene rings is 1. The van der Waals surface area contributed by atoms with E-state index in [-0.39, 0.29) is 18.0 Å². The molecule has 0 saturated carbocycles. The monoisotopic (exact) mass is 374 g/mol. The van der Waals surface area contributed by atoms with E-state index in [1.807, 2.05) is 0 Å². The number of fused-ring (bicyclic) bond motifs is 1. The van der Waals surface area contributed by atoms with E-state index in [0.717, 1.165) is 6.07 Å². The summed E-state index contributed by atoms with van der Waals surface area (Å²) in [5.74, 6) is -0.353. The van der Waals surface area contributed by atoms with Gasteiger partial charge in [0, 0.05) is 17.6 Å². The predicted molar refractivity (Wildman–Crippen MR) is 94.1 cm³/mol. The van der Waals surface area contributed by atoms with Crippen LogP contribution in [0.25, 0.3) is 10.9 Å². The minimum atomic E-state index is -2.77. The molecule has 2 aromatic heterocycles. The number of carbonyl (C=O) groups excluding carboxylic acids is 2. The highest BCUT2D eigenvalue weighted by Crippen LogP contribution is 2.30. The van der Waals surface area contributed by atoms with Crippen LogP contribution in [-0.4, -0.2) is 33.6 Å². The van der Waals surface area contributed by atoms with Gasteiger partial charge in [-0.2, -0.15) is 5.10 Å². The number of Topliss-reactive ketones (excluding diaryl/α,β-unsaturated/α-hetero) is 1. The molecular formula is C18H16F2N4O3. The topological polar surface area (TPSA) is 86.1 Å². The van der Waals surface area contributed by atoms with Crippen LogP contribution in [0.1, 0.15) is 29.5 Å². The van der Waals surface area contributed by atoms with Crippen molar-refractivity contribution in [1.82, 2.24) is 14.8 Å². The Labute approximate surface area is 153 Å². The van der Waals surface area contributed by atoms with Crippen molar-refractivity contribution in [3.05, 3.63) is 47.9 Å². The molecule has 3 aromatic rings. The second-order valence-corrected chi connectivity index (χ2v) is 5.84. The standard InChI is InChI=1S/C18H16F2N4O3/c1-10(25)8-24-9-11-6-15(16(27-2)7-14(11)23-24)22-18(26)13-5-3-4-12(21-13)17(19)20/h3-7,9,17H,8H2,1-2H3,(H,22,26). The van der Waals surface area contributed by atoms with Gasteiger partial charge < -0.3 is 10.1 Å². The molecular weight excluding hydrogens is 358 g/mol. The van der Waals surface area contributed by atoms with Crippen LogP contribution in [0.3, 0.4) is 0 Å². The fraction of sp³-hybridized carbons (Fsp3) is 0.222. The zero-order valence-electron chi connectivity index (χ0n) is 14.6.